The molecule has 0 aliphatic carbocycles. The second-order valence-electron chi connectivity index (χ2n) is 3.90. The van der Waals surface area contributed by atoms with Crippen molar-refractivity contribution in [2.75, 3.05) is 27.4 Å². The summed E-state index contributed by atoms with van der Waals surface area (Å²) in [5, 5.41) is 12.0. The van der Waals surface area contributed by atoms with Gasteiger partial charge in [-0.15, -0.1) is 0 Å². The zero-order valence-electron chi connectivity index (χ0n) is 10.7. The molecule has 0 radical (unpaired) electrons. The Bertz CT molecular complexity index is 341. The van der Waals surface area contributed by atoms with E-state index in [0.29, 0.717) is 13.2 Å². The summed E-state index contributed by atoms with van der Waals surface area (Å²) in [7, 11) is 3.32. The molecule has 1 rings (SSSR count). The molecule has 4 heteroatoms. The number of hydrogen-bond acceptors (Lipinski definition) is 4. The third-order valence-corrected chi connectivity index (χ3v) is 2.67. The van der Waals surface area contributed by atoms with Crippen molar-refractivity contribution in [3.8, 4) is 5.75 Å². The van der Waals surface area contributed by atoms with Crippen molar-refractivity contribution in [1.82, 2.24) is 5.32 Å². The molecule has 0 aliphatic heterocycles. The van der Waals surface area contributed by atoms with Crippen molar-refractivity contribution in [2.24, 2.45) is 0 Å². The van der Waals surface area contributed by atoms with E-state index in [-0.39, 0.29) is 12.6 Å². The molecule has 0 saturated carbocycles. The first-order valence-electron chi connectivity index (χ1n) is 5.73. The quantitative estimate of drug-likeness (QED) is 0.757. The van der Waals surface area contributed by atoms with Gasteiger partial charge in [0.15, 0.2) is 0 Å². The van der Waals surface area contributed by atoms with Gasteiger partial charge in [0.25, 0.3) is 0 Å². The molecule has 1 unspecified atom stereocenters. The summed E-state index contributed by atoms with van der Waals surface area (Å²) < 4.78 is 10.4. The van der Waals surface area contributed by atoms with Gasteiger partial charge >= 0.3 is 0 Å². The Morgan fingerprint density at radius 3 is 2.71 bits per heavy atom. The number of nitrogens with one attached hydrogen (secondary N) is 1. The molecule has 96 valence electrons. The smallest absolute Gasteiger partial charge is 0.124 e. The maximum absolute atomic E-state index is 8.78. The highest BCUT2D eigenvalue weighted by molar-refractivity contribution is 5.38. The lowest BCUT2D eigenvalue weighted by Gasteiger charge is -2.16. The Morgan fingerprint density at radius 2 is 2.12 bits per heavy atom. The Kier molecular flexibility index (Phi) is 5.97. The van der Waals surface area contributed by atoms with Gasteiger partial charge in [-0.3, -0.25) is 0 Å². The lowest BCUT2D eigenvalue weighted by molar-refractivity contribution is 0.181. The molecule has 0 spiro atoms. The third-order valence-electron chi connectivity index (χ3n) is 2.67. The second-order valence-corrected chi connectivity index (χ2v) is 3.90. The van der Waals surface area contributed by atoms with Gasteiger partial charge in [-0.1, -0.05) is 6.07 Å². The van der Waals surface area contributed by atoms with E-state index < -0.39 is 0 Å². The molecule has 1 atom stereocenters. The predicted molar refractivity (Wildman–Crippen MR) is 67.2 cm³/mol. The fraction of sp³-hybridized carbons (Fsp3) is 0.538. The highest BCUT2D eigenvalue weighted by atomic mass is 16.5. The van der Waals surface area contributed by atoms with Crippen LogP contribution in [0.4, 0.5) is 0 Å². The van der Waals surface area contributed by atoms with Crippen molar-refractivity contribution in [3.05, 3.63) is 29.3 Å². The number of rotatable bonds is 7. The Balaban J connectivity index is 2.83. The summed E-state index contributed by atoms with van der Waals surface area (Å²) in [5.74, 6) is 0.838. The van der Waals surface area contributed by atoms with Crippen LogP contribution in [0.5, 0.6) is 5.75 Å². The molecule has 0 aromatic heterocycles. The van der Waals surface area contributed by atoms with Crippen molar-refractivity contribution in [2.45, 2.75) is 19.6 Å². The maximum Gasteiger partial charge on any atom is 0.124 e. The van der Waals surface area contributed by atoms with Crippen LogP contribution in [0.2, 0.25) is 0 Å². The average molecular weight is 239 g/mol. The van der Waals surface area contributed by atoms with Crippen LogP contribution in [0, 0.1) is 0 Å². The van der Waals surface area contributed by atoms with Crippen LogP contribution in [0.25, 0.3) is 0 Å². The van der Waals surface area contributed by atoms with E-state index in [1.54, 1.807) is 14.2 Å². The standard InChI is InChI=1S/C13H21NO3/c1-10(14-6-7-15)11-4-5-13(17-3)12(8-11)9-16-2/h4-5,8,10,14-15H,6-7,9H2,1-3H3. The van der Waals surface area contributed by atoms with E-state index in [2.05, 4.69) is 18.3 Å². The predicted octanol–water partition coefficient (Wildman–Crippen LogP) is 1.48. The number of benzene rings is 1. The first kappa shape index (κ1) is 14.0. The van der Waals surface area contributed by atoms with Gasteiger partial charge in [-0.05, 0) is 24.6 Å². The summed E-state index contributed by atoms with van der Waals surface area (Å²) in [5.41, 5.74) is 2.19. The number of aliphatic hydroxyl groups excluding tert-OH is 1. The van der Waals surface area contributed by atoms with E-state index >= 15 is 0 Å². The van der Waals surface area contributed by atoms with E-state index in [4.69, 9.17) is 14.6 Å². The van der Waals surface area contributed by atoms with Crippen molar-refractivity contribution >= 4 is 0 Å². The lowest BCUT2D eigenvalue weighted by Crippen LogP contribution is -2.22. The third kappa shape index (κ3) is 4.00. The van der Waals surface area contributed by atoms with E-state index in [0.717, 1.165) is 16.9 Å². The summed E-state index contributed by atoms with van der Waals surface area (Å²) in [6.45, 7) is 3.33. The molecule has 1 aromatic rings. The van der Waals surface area contributed by atoms with Gasteiger partial charge in [0, 0.05) is 25.3 Å². The van der Waals surface area contributed by atoms with Gasteiger partial charge in [0.05, 0.1) is 20.3 Å². The monoisotopic (exact) mass is 239 g/mol. The Morgan fingerprint density at radius 1 is 1.35 bits per heavy atom. The van der Waals surface area contributed by atoms with Gasteiger partial charge in [-0.25, -0.2) is 0 Å². The lowest BCUT2D eigenvalue weighted by atomic mass is 10.0. The average Bonchev–Trinajstić information content (AvgIpc) is 2.36. The van der Waals surface area contributed by atoms with Crippen LogP contribution in [-0.2, 0) is 11.3 Å². The summed E-state index contributed by atoms with van der Waals surface area (Å²) in [6, 6.07) is 6.23. The van der Waals surface area contributed by atoms with Crippen LogP contribution in [0.3, 0.4) is 0 Å². The van der Waals surface area contributed by atoms with Gasteiger partial charge in [0.1, 0.15) is 5.75 Å². The number of aliphatic hydroxyl groups is 1. The SMILES string of the molecule is COCc1cc(C(C)NCCO)ccc1OC. The molecule has 4 nitrogen and oxygen atoms in total. The largest absolute Gasteiger partial charge is 0.496 e. The van der Waals surface area contributed by atoms with E-state index in [1.165, 1.54) is 0 Å². The highest BCUT2D eigenvalue weighted by Gasteiger charge is 2.09. The molecule has 0 heterocycles. The van der Waals surface area contributed by atoms with Crippen LogP contribution in [0.1, 0.15) is 24.1 Å². The first-order chi connectivity index (χ1) is 8.22. The van der Waals surface area contributed by atoms with Crippen LogP contribution in [-0.4, -0.2) is 32.5 Å². The molecule has 0 saturated heterocycles. The Hall–Kier alpha value is -1.10. The molecule has 17 heavy (non-hydrogen) atoms. The maximum atomic E-state index is 8.78. The molecule has 0 aliphatic rings. The minimum absolute atomic E-state index is 0.144. The van der Waals surface area contributed by atoms with E-state index in [1.807, 2.05) is 12.1 Å². The molecule has 0 bridgehead atoms. The molecule has 1 aromatic carbocycles. The minimum Gasteiger partial charge on any atom is -0.496 e. The second kappa shape index (κ2) is 7.27. The highest BCUT2D eigenvalue weighted by Crippen LogP contribution is 2.23. The Labute approximate surface area is 103 Å². The number of ether oxygens (including phenoxy) is 2. The molecule has 2 N–H and O–H groups in total. The summed E-state index contributed by atoms with van der Waals surface area (Å²) >= 11 is 0. The summed E-state index contributed by atoms with van der Waals surface area (Å²) in [4.78, 5) is 0. The van der Waals surface area contributed by atoms with Crippen molar-refractivity contribution in [1.29, 1.82) is 0 Å². The van der Waals surface area contributed by atoms with Crippen molar-refractivity contribution < 1.29 is 14.6 Å². The van der Waals surface area contributed by atoms with Gasteiger partial charge in [-0.2, -0.15) is 0 Å². The number of methoxy groups -OCH3 is 2. The molecule has 0 fully saturated rings. The molecule has 0 amide bonds. The van der Waals surface area contributed by atoms with Gasteiger partial charge < -0.3 is 19.9 Å². The minimum atomic E-state index is 0.144. The van der Waals surface area contributed by atoms with Crippen molar-refractivity contribution in [3.63, 3.8) is 0 Å². The van der Waals surface area contributed by atoms with Crippen LogP contribution >= 0.6 is 0 Å². The van der Waals surface area contributed by atoms with Crippen LogP contribution < -0.4 is 10.1 Å². The fourth-order valence-corrected chi connectivity index (χ4v) is 1.74. The zero-order valence-corrected chi connectivity index (χ0v) is 10.7. The number of hydrogen-bond donors (Lipinski definition) is 2. The zero-order chi connectivity index (χ0) is 12.7. The fourth-order valence-electron chi connectivity index (χ4n) is 1.74. The normalized spacial score (nSPS) is 12.5. The molecular formula is C13H21NO3. The van der Waals surface area contributed by atoms with E-state index in [9.17, 15) is 0 Å². The van der Waals surface area contributed by atoms with Gasteiger partial charge in [0.2, 0.25) is 0 Å². The van der Waals surface area contributed by atoms with Crippen LogP contribution in [0.15, 0.2) is 18.2 Å². The topological polar surface area (TPSA) is 50.7 Å². The summed E-state index contributed by atoms with van der Waals surface area (Å²) in [6.07, 6.45) is 0. The first-order valence-corrected chi connectivity index (χ1v) is 5.73. The molecular weight excluding hydrogens is 218 g/mol.